The third-order valence-electron chi connectivity index (χ3n) is 2.67. The van der Waals surface area contributed by atoms with Crippen molar-refractivity contribution in [3.8, 4) is 0 Å². The van der Waals surface area contributed by atoms with E-state index >= 15 is 0 Å². The summed E-state index contributed by atoms with van der Waals surface area (Å²) in [6.45, 7) is 2.51. The predicted octanol–water partition coefficient (Wildman–Crippen LogP) is 2.56. The molecular formula is C11H15N3O2S2. The Kier molecular flexibility index (Phi) is 4.71. The molecule has 1 saturated heterocycles. The first-order chi connectivity index (χ1) is 8.66. The van der Waals surface area contributed by atoms with Crippen LogP contribution in [-0.2, 0) is 0 Å². The molecule has 1 N–H and O–H groups in total. The monoisotopic (exact) mass is 285 g/mol. The maximum Gasteiger partial charge on any atom is 0.277 e. The lowest BCUT2D eigenvalue weighted by molar-refractivity contribution is -0.385. The first kappa shape index (κ1) is 13.5. The summed E-state index contributed by atoms with van der Waals surface area (Å²) >= 11 is 3.91. The molecule has 0 bridgehead atoms. The van der Waals surface area contributed by atoms with Crippen LogP contribution in [0.1, 0.15) is 5.56 Å². The second-order valence-corrected chi connectivity index (χ2v) is 6.62. The zero-order valence-electron chi connectivity index (χ0n) is 10.1. The van der Waals surface area contributed by atoms with Crippen LogP contribution in [-0.4, -0.2) is 39.0 Å². The van der Waals surface area contributed by atoms with Gasteiger partial charge in [0.1, 0.15) is 5.82 Å². The molecule has 1 unspecified atom stereocenters. The third kappa shape index (κ3) is 3.52. The Hall–Kier alpha value is -0.950. The zero-order valence-corrected chi connectivity index (χ0v) is 11.7. The van der Waals surface area contributed by atoms with Gasteiger partial charge >= 0.3 is 0 Å². The minimum Gasteiger partial charge on any atom is -0.369 e. The second-order valence-electron chi connectivity index (χ2n) is 4.06. The Morgan fingerprint density at radius 3 is 3.11 bits per heavy atom. The van der Waals surface area contributed by atoms with E-state index in [0.717, 1.165) is 12.3 Å². The molecule has 0 radical (unpaired) electrons. The van der Waals surface area contributed by atoms with Crippen molar-refractivity contribution in [1.82, 2.24) is 4.98 Å². The summed E-state index contributed by atoms with van der Waals surface area (Å²) in [6.07, 6.45) is 1.54. The van der Waals surface area contributed by atoms with Crippen molar-refractivity contribution >= 4 is 35.0 Å². The first-order valence-electron chi connectivity index (χ1n) is 5.71. The van der Waals surface area contributed by atoms with E-state index in [0.29, 0.717) is 16.6 Å². The van der Waals surface area contributed by atoms with Crippen LogP contribution in [0.15, 0.2) is 12.3 Å². The van der Waals surface area contributed by atoms with Crippen molar-refractivity contribution in [2.24, 2.45) is 0 Å². The maximum atomic E-state index is 10.8. The number of hydrogen-bond donors (Lipinski definition) is 1. The van der Waals surface area contributed by atoms with E-state index < -0.39 is 0 Å². The number of rotatable bonds is 4. The fraction of sp³-hybridized carbons (Fsp3) is 0.545. The summed E-state index contributed by atoms with van der Waals surface area (Å²) in [5.74, 6) is 4.11. The van der Waals surface area contributed by atoms with Crippen molar-refractivity contribution in [1.29, 1.82) is 0 Å². The van der Waals surface area contributed by atoms with Gasteiger partial charge in [-0.15, -0.1) is 0 Å². The molecule has 18 heavy (non-hydrogen) atoms. The quantitative estimate of drug-likeness (QED) is 0.677. The fourth-order valence-corrected chi connectivity index (χ4v) is 4.29. The van der Waals surface area contributed by atoms with Gasteiger partial charge in [0, 0.05) is 40.8 Å². The number of hydrogen-bond acceptors (Lipinski definition) is 6. The third-order valence-corrected chi connectivity index (χ3v) is 5.51. The highest BCUT2D eigenvalue weighted by atomic mass is 32.2. The molecule has 2 heterocycles. The second kappa shape index (κ2) is 6.29. The number of thioether (sulfide) groups is 2. The van der Waals surface area contributed by atoms with Crippen molar-refractivity contribution in [3.05, 3.63) is 27.9 Å². The fourth-order valence-electron chi connectivity index (χ4n) is 1.68. The van der Waals surface area contributed by atoms with Crippen molar-refractivity contribution < 1.29 is 4.92 Å². The van der Waals surface area contributed by atoms with E-state index in [1.165, 1.54) is 17.6 Å². The van der Waals surface area contributed by atoms with Crippen molar-refractivity contribution in [2.75, 3.05) is 29.1 Å². The largest absolute Gasteiger partial charge is 0.369 e. The molecule has 1 fully saturated rings. The topological polar surface area (TPSA) is 68.1 Å². The highest BCUT2D eigenvalue weighted by molar-refractivity contribution is 8.06. The van der Waals surface area contributed by atoms with Crippen LogP contribution in [0.2, 0.25) is 0 Å². The average Bonchev–Trinajstić information content (AvgIpc) is 2.38. The van der Waals surface area contributed by atoms with Crippen LogP contribution in [0, 0.1) is 17.0 Å². The van der Waals surface area contributed by atoms with Crippen LogP contribution >= 0.6 is 23.5 Å². The molecule has 1 atom stereocenters. The van der Waals surface area contributed by atoms with Gasteiger partial charge in [0.05, 0.1) is 11.0 Å². The lowest BCUT2D eigenvalue weighted by Crippen LogP contribution is -2.23. The molecule has 0 aromatic carbocycles. The Labute approximate surface area is 114 Å². The zero-order chi connectivity index (χ0) is 13.0. The Morgan fingerprint density at radius 1 is 1.61 bits per heavy atom. The summed E-state index contributed by atoms with van der Waals surface area (Å²) in [4.78, 5) is 14.6. The smallest absolute Gasteiger partial charge is 0.277 e. The van der Waals surface area contributed by atoms with E-state index in [1.54, 1.807) is 13.1 Å². The summed E-state index contributed by atoms with van der Waals surface area (Å²) in [5, 5.41) is 14.6. The van der Waals surface area contributed by atoms with Crippen molar-refractivity contribution in [3.63, 3.8) is 0 Å². The van der Waals surface area contributed by atoms with Crippen molar-refractivity contribution in [2.45, 2.75) is 12.2 Å². The van der Waals surface area contributed by atoms with Crippen LogP contribution < -0.4 is 5.32 Å². The number of aromatic nitrogens is 1. The molecule has 1 aromatic rings. The number of pyridine rings is 1. The Morgan fingerprint density at radius 2 is 2.44 bits per heavy atom. The normalized spacial score (nSPS) is 19.5. The summed E-state index contributed by atoms with van der Waals surface area (Å²) in [5.41, 5.74) is 0.714. The Bertz CT molecular complexity index is 436. The van der Waals surface area contributed by atoms with Gasteiger partial charge in [-0.05, 0) is 6.92 Å². The van der Waals surface area contributed by atoms with Gasteiger partial charge < -0.3 is 5.32 Å². The first-order valence-corrected chi connectivity index (χ1v) is 7.91. The molecule has 1 aromatic heterocycles. The van der Waals surface area contributed by atoms with Gasteiger partial charge in [-0.1, -0.05) is 0 Å². The molecule has 1 aliphatic rings. The van der Waals surface area contributed by atoms with E-state index in [1.807, 2.05) is 23.5 Å². The molecule has 7 heteroatoms. The van der Waals surface area contributed by atoms with Gasteiger partial charge in [-0.3, -0.25) is 10.1 Å². The lowest BCUT2D eigenvalue weighted by Gasteiger charge is -2.21. The van der Waals surface area contributed by atoms with Crippen LogP contribution in [0.3, 0.4) is 0 Å². The molecular weight excluding hydrogens is 270 g/mol. The van der Waals surface area contributed by atoms with Gasteiger partial charge in [-0.25, -0.2) is 4.98 Å². The lowest BCUT2D eigenvalue weighted by atomic mass is 10.2. The number of aryl methyl sites for hydroxylation is 1. The molecule has 1 aliphatic heterocycles. The standard InChI is InChI=1S/C11H15N3O2S2/c1-8-5-12-11(4-10(8)14(15)16)13-6-9-7-17-2-3-18-9/h4-5,9H,2-3,6-7H2,1H3,(H,12,13). The minimum atomic E-state index is -0.368. The van der Waals surface area contributed by atoms with E-state index in [4.69, 9.17) is 0 Å². The van der Waals surface area contributed by atoms with Crippen LogP contribution in [0.4, 0.5) is 11.5 Å². The predicted molar refractivity (Wildman–Crippen MR) is 77.7 cm³/mol. The van der Waals surface area contributed by atoms with E-state index in [2.05, 4.69) is 10.3 Å². The van der Waals surface area contributed by atoms with Gasteiger partial charge in [-0.2, -0.15) is 23.5 Å². The Balaban J connectivity index is 1.96. The minimum absolute atomic E-state index is 0.123. The van der Waals surface area contributed by atoms with Gasteiger partial charge in [0.2, 0.25) is 0 Å². The van der Waals surface area contributed by atoms with Crippen LogP contribution in [0.5, 0.6) is 0 Å². The number of nitrogens with one attached hydrogen (secondary N) is 1. The SMILES string of the molecule is Cc1cnc(NCC2CSCCS2)cc1[N+](=O)[O-]. The highest BCUT2D eigenvalue weighted by Gasteiger charge is 2.16. The van der Waals surface area contributed by atoms with Crippen LogP contribution in [0.25, 0.3) is 0 Å². The number of nitro groups is 1. The molecule has 0 saturated carbocycles. The number of anilines is 1. The molecule has 0 aliphatic carbocycles. The summed E-state index contributed by atoms with van der Waals surface area (Å²) in [7, 11) is 0. The number of nitrogens with zero attached hydrogens (tertiary/aromatic N) is 2. The van der Waals surface area contributed by atoms with E-state index in [-0.39, 0.29) is 10.6 Å². The van der Waals surface area contributed by atoms with Gasteiger partial charge in [0.25, 0.3) is 5.69 Å². The summed E-state index contributed by atoms with van der Waals surface area (Å²) in [6, 6.07) is 1.51. The van der Waals surface area contributed by atoms with Gasteiger partial charge in [0.15, 0.2) is 0 Å². The average molecular weight is 285 g/mol. The molecule has 0 spiro atoms. The molecule has 2 rings (SSSR count). The molecule has 0 amide bonds. The molecule has 98 valence electrons. The summed E-state index contributed by atoms with van der Waals surface area (Å²) < 4.78 is 0. The van der Waals surface area contributed by atoms with E-state index in [9.17, 15) is 10.1 Å². The highest BCUT2D eigenvalue weighted by Crippen LogP contribution is 2.25. The molecule has 5 nitrogen and oxygen atoms in total. The maximum absolute atomic E-state index is 10.8.